The summed E-state index contributed by atoms with van der Waals surface area (Å²) >= 11 is 0. The molecule has 1 aliphatic carbocycles. The number of nitrogens with two attached hydrogens (primary N) is 1. The summed E-state index contributed by atoms with van der Waals surface area (Å²) in [6.45, 7) is 1.52. The van der Waals surface area contributed by atoms with Crippen LogP contribution in [0.4, 0.5) is 18.0 Å². The fourth-order valence-corrected chi connectivity index (χ4v) is 3.84. The second-order valence-electron chi connectivity index (χ2n) is 6.56. The zero-order valence-corrected chi connectivity index (χ0v) is 13.4. The summed E-state index contributed by atoms with van der Waals surface area (Å²) in [6.07, 6.45) is 1.79. The Bertz CT molecular complexity index is 864. The quantitative estimate of drug-likeness (QED) is 0.803. The smallest absolute Gasteiger partial charge is 0.315 e. The fraction of sp³-hybridized carbons (Fsp3) is 0.412. The van der Waals surface area contributed by atoms with Crippen molar-refractivity contribution in [2.24, 2.45) is 5.73 Å². The molecule has 1 aromatic heterocycles. The lowest BCUT2D eigenvalue weighted by atomic mass is 9.84. The van der Waals surface area contributed by atoms with E-state index in [0.717, 1.165) is 23.3 Å². The van der Waals surface area contributed by atoms with Crippen molar-refractivity contribution in [1.29, 1.82) is 0 Å². The van der Waals surface area contributed by atoms with Crippen molar-refractivity contribution in [3.63, 3.8) is 0 Å². The van der Waals surface area contributed by atoms with Crippen LogP contribution in [0.1, 0.15) is 35.1 Å². The van der Waals surface area contributed by atoms with Gasteiger partial charge < -0.3 is 15.2 Å². The molecular formula is C17H17F3N4O. The number of halogens is 3. The minimum Gasteiger partial charge on any atom is -0.351 e. The molecule has 2 amide bonds. The number of carbonyl (C=O) groups is 1. The van der Waals surface area contributed by atoms with E-state index in [1.54, 1.807) is 0 Å². The molecule has 0 saturated heterocycles. The maximum atomic E-state index is 14.1. The van der Waals surface area contributed by atoms with Crippen molar-refractivity contribution in [2.75, 3.05) is 6.54 Å². The molecule has 0 bridgehead atoms. The van der Waals surface area contributed by atoms with E-state index in [4.69, 9.17) is 5.73 Å². The van der Waals surface area contributed by atoms with E-state index >= 15 is 0 Å². The van der Waals surface area contributed by atoms with Crippen LogP contribution in [0.3, 0.4) is 0 Å². The van der Waals surface area contributed by atoms with Crippen molar-refractivity contribution < 1.29 is 18.0 Å². The van der Waals surface area contributed by atoms with E-state index in [9.17, 15) is 18.0 Å². The van der Waals surface area contributed by atoms with Crippen LogP contribution < -0.4 is 5.73 Å². The van der Waals surface area contributed by atoms with Gasteiger partial charge in [-0.05, 0) is 36.8 Å². The molecule has 2 aliphatic rings. The Kier molecular flexibility index (Phi) is 3.70. The van der Waals surface area contributed by atoms with Gasteiger partial charge in [-0.3, -0.25) is 0 Å². The zero-order valence-electron chi connectivity index (χ0n) is 13.4. The van der Waals surface area contributed by atoms with Crippen LogP contribution >= 0.6 is 0 Å². The van der Waals surface area contributed by atoms with Gasteiger partial charge in [-0.15, -0.1) is 0 Å². The van der Waals surface area contributed by atoms with E-state index in [2.05, 4.69) is 9.55 Å². The molecule has 5 nitrogen and oxygen atoms in total. The molecule has 0 saturated carbocycles. The highest BCUT2D eigenvalue weighted by Gasteiger charge is 2.31. The van der Waals surface area contributed by atoms with Crippen LogP contribution in [0, 0.1) is 17.5 Å². The Labute approximate surface area is 142 Å². The van der Waals surface area contributed by atoms with Gasteiger partial charge in [0, 0.05) is 24.8 Å². The molecule has 4 rings (SSSR count). The van der Waals surface area contributed by atoms with E-state index in [-0.39, 0.29) is 11.5 Å². The van der Waals surface area contributed by atoms with Gasteiger partial charge in [0.25, 0.3) is 0 Å². The normalized spacial score (nSPS) is 19.5. The van der Waals surface area contributed by atoms with Gasteiger partial charge in [-0.2, -0.15) is 0 Å². The Hall–Kier alpha value is -2.51. The lowest BCUT2D eigenvalue weighted by molar-refractivity contribution is 0.191. The minimum absolute atomic E-state index is 0.189. The van der Waals surface area contributed by atoms with Gasteiger partial charge >= 0.3 is 6.03 Å². The molecule has 1 aromatic carbocycles. The second-order valence-corrected chi connectivity index (χ2v) is 6.56. The van der Waals surface area contributed by atoms with Crippen molar-refractivity contribution in [1.82, 2.24) is 14.5 Å². The first-order valence-corrected chi connectivity index (χ1v) is 8.20. The van der Waals surface area contributed by atoms with Gasteiger partial charge in [0.05, 0.1) is 12.2 Å². The van der Waals surface area contributed by atoms with Gasteiger partial charge in [0.1, 0.15) is 11.6 Å². The molecule has 1 aliphatic heterocycles. The van der Waals surface area contributed by atoms with E-state index in [1.807, 2.05) is 0 Å². The SMILES string of the molecule is NC(=O)N1CCn2c(nc3c2CCC(c2cc(F)c(F)cc2F)C3)C1. The first-order chi connectivity index (χ1) is 11.9. The van der Waals surface area contributed by atoms with Gasteiger partial charge in [-0.25, -0.2) is 22.9 Å². The number of rotatable bonds is 1. The third kappa shape index (κ3) is 2.65. The zero-order chi connectivity index (χ0) is 17.7. The molecule has 1 atom stereocenters. The number of amides is 2. The highest BCUT2D eigenvalue weighted by molar-refractivity contribution is 5.72. The predicted molar refractivity (Wildman–Crippen MR) is 83.3 cm³/mol. The summed E-state index contributed by atoms with van der Waals surface area (Å²) in [4.78, 5) is 17.5. The first kappa shape index (κ1) is 16.0. The predicted octanol–water partition coefficient (Wildman–Crippen LogP) is 2.47. The molecule has 1 unspecified atom stereocenters. The number of hydrogen-bond acceptors (Lipinski definition) is 2. The largest absolute Gasteiger partial charge is 0.351 e. The lowest BCUT2D eigenvalue weighted by Gasteiger charge is -2.28. The molecule has 0 fully saturated rings. The molecule has 132 valence electrons. The number of benzene rings is 1. The average Bonchev–Trinajstić information content (AvgIpc) is 2.94. The van der Waals surface area contributed by atoms with Crippen LogP contribution in [0.2, 0.25) is 0 Å². The monoisotopic (exact) mass is 350 g/mol. The molecule has 0 spiro atoms. The second kappa shape index (κ2) is 5.79. The van der Waals surface area contributed by atoms with E-state index in [1.165, 1.54) is 4.90 Å². The number of carbonyl (C=O) groups excluding carboxylic acids is 1. The van der Waals surface area contributed by atoms with Gasteiger partial charge in [0.15, 0.2) is 11.6 Å². The minimum atomic E-state index is -1.18. The van der Waals surface area contributed by atoms with Gasteiger partial charge in [0.2, 0.25) is 0 Å². The molecule has 8 heteroatoms. The average molecular weight is 350 g/mol. The third-order valence-corrected chi connectivity index (χ3v) is 5.12. The molecule has 0 radical (unpaired) electrons. The van der Waals surface area contributed by atoms with E-state index in [0.29, 0.717) is 45.0 Å². The highest BCUT2D eigenvalue weighted by Crippen LogP contribution is 2.35. The first-order valence-electron chi connectivity index (χ1n) is 8.20. The van der Waals surface area contributed by atoms with Crippen LogP contribution in [0.5, 0.6) is 0 Å². The lowest BCUT2D eigenvalue weighted by Crippen LogP contribution is -2.41. The Morgan fingerprint density at radius 1 is 1.16 bits per heavy atom. The number of fused-ring (bicyclic) bond motifs is 3. The Balaban J connectivity index is 1.63. The summed E-state index contributed by atoms with van der Waals surface area (Å²) in [7, 11) is 0. The number of primary amides is 1. The van der Waals surface area contributed by atoms with Crippen LogP contribution in [0.15, 0.2) is 12.1 Å². The third-order valence-electron chi connectivity index (χ3n) is 5.12. The summed E-state index contributed by atoms with van der Waals surface area (Å²) in [5, 5.41) is 0. The molecule has 2 aromatic rings. The van der Waals surface area contributed by atoms with Crippen LogP contribution in [0.25, 0.3) is 0 Å². The number of nitrogens with zero attached hydrogens (tertiary/aromatic N) is 3. The summed E-state index contributed by atoms with van der Waals surface area (Å²) in [5.41, 5.74) is 7.44. The summed E-state index contributed by atoms with van der Waals surface area (Å²) in [5.74, 6) is -2.42. The maximum Gasteiger partial charge on any atom is 0.315 e. The van der Waals surface area contributed by atoms with E-state index < -0.39 is 23.5 Å². The van der Waals surface area contributed by atoms with Crippen molar-refractivity contribution in [2.45, 2.75) is 38.3 Å². The molecule has 2 N–H and O–H groups in total. The molecule has 25 heavy (non-hydrogen) atoms. The van der Waals surface area contributed by atoms with Crippen molar-refractivity contribution in [3.8, 4) is 0 Å². The fourth-order valence-electron chi connectivity index (χ4n) is 3.84. The number of urea groups is 1. The summed E-state index contributed by atoms with van der Waals surface area (Å²) in [6, 6.07) is 1.07. The highest BCUT2D eigenvalue weighted by atomic mass is 19.2. The van der Waals surface area contributed by atoms with Crippen molar-refractivity contribution in [3.05, 3.63) is 52.4 Å². The van der Waals surface area contributed by atoms with Crippen molar-refractivity contribution >= 4 is 6.03 Å². The summed E-state index contributed by atoms with van der Waals surface area (Å²) < 4.78 is 42.8. The van der Waals surface area contributed by atoms with Crippen LogP contribution in [-0.4, -0.2) is 27.0 Å². The maximum absolute atomic E-state index is 14.1. The molecule has 2 heterocycles. The van der Waals surface area contributed by atoms with Gasteiger partial charge in [-0.1, -0.05) is 0 Å². The standard InChI is InChI=1S/C17H17F3N4O/c18-11-7-13(20)12(19)6-10(11)9-1-2-15-14(5-9)22-16-8-23(17(21)25)3-4-24(15)16/h6-7,9H,1-5,8H2,(H2,21,25). The molecular weight excluding hydrogens is 333 g/mol. The number of hydrogen-bond donors (Lipinski definition) is 1. The topological polar surface area (TPSA) is 64.2 Å². The number of imidazole rings is 1. The Morgan fingerprint density at radius 2 is 1.92 bits per heavy atom. The number of aromatic nitrogens is 2. The van der Waals surface area contributed by atoms with Crippen LogP contribution in [-0.2, 0) is 25.9 Å². The Morgan fingerprint density at radius 3 is 2.68 bits per heavy atom.